The lowest BCUT2D eigenvalue weighted by Gasteiger charge is -2.40. The second-order valence-corrected chi connectivity index (χ2v) is 7.60. The van der Waals surface area contributed by atoms with Gasteiger partial charge < -0.3 is 10.0 Å². The summed E-state index contributed by atoms with van der Waals surface area (Å²) in [6.45, 7) is 5.66. The van der Waals surface area contributed by atoms with Gasteiger partial charge in [0, 0.05) is 25.3 Å². The maximum Gasteiger partial charge on any atom is 0.265 e. The first-order valence-corrected chi connectivity index (χ1v) is 9.33. The van der Waals surface area contributed by atoms with Crippen LogP contribution in [0.3, 0.4) is 0 Å². The molecule has 0 aliphatic carbocycles. The minimum Gasteiger partial charge on any atom is -0.396 e. The number of benzene rings is 1. The molecule has 2 aromatic rings. The Morgan fingerprint density at radius 1 is 1.29 bits per heavy atom. The van der Waals surface area contributed by atoms with Crippen molar-refractivity contribution in [2.75, 3.05) is 19.7 Å². The summed E-state index contributed by atoms with van der Waals surface area (Å²) in [4.78, 5) is 20.1. The normalized spacial score (nSPS) is 17.0. The summed E-state index contributed by atoms with van der Waals surface area (Å²) in [5, 5.41) is 10.5. The van der Waals surface area contributed by atoms with Gasteiger partial charge in [-0.1, -0.05) is 37.3 Å². The molecule has 1 amide bonds. The number of piperidine rings is 1. The molecular formula is C19H24N2O2S. The Morgan fingerprint density at radius 3 is 2.54 bits per heavy atom. The van der Waals surface area contributed by atoms with Gasteiger partial charge in [-0.15, -0.1) is 11.3 Å². The summed E-state index contributed by atoms with van der Waals surface area (Å²) in [5.74, 6) is 0.0785. The molecule has 1 N–H and O–H groups in total. The van der Waals surface area contributed by atoms with Crippen LogP contribution in [-0.4, -0.2) is 40.6 Å². The number of likely N-dealkylation sites (tertiary alicyclic amines) is 1. The Morgan fingerprint density at radius 2 is 1.96 bits per heavy atom. The fourth-order valence-corrected chi connectivity index (χ4v) is 4.29. The maximum absolute atomic E-state index is 12.9. The van der Waals surface area contributed by atoms with Crippen LogP contribution in [-0.2, 0) is 0 Å². The average Bonchev–Trinajstić information content (AvgIpc) is 3.04. The van der Waals surface area contributed by atoms with Crippen LogP contribution >= 0.6 is 11.3 Å². The first-order valence-electron chi connectivity index (χ1n) is 8.51. The van der Waals surface area contributed by atoms with Crippen LogP contribution in [0.15, 0.2) is 30.3 Å². The minimum absolute atomic E-state index is 0.00523. The van der Waals surface area contributed by atoms with E-state index >= 15 is 0 Å². The predicted molar refractivity (Wildman–Crippen MR) is 97.2 cm³/mol. The number of rotatable bonds is 4. The van der Waals surface area contributed by atoms with Gasteiger partial charge in [0.25, 0.3) is 5.91 Å². The van der Waals surface area contributed by atoms with Crippen molar-refractivity contribution in [2.24, 2.45) is 5.41 Å². The van der Waals surface area contributed by atoms with Crippen LogP contribution in [0.5, 0.6) is 0 Å². The van der Waals surface area contributed by atoms with E-state index in [1.54, 1.807) is 0 Å². The number of hydrogen-bond acceptors (Lipinski definition) is 4. The predicted octanol–water partition coefficient (Wildman–Crippen LogP) is 3.74. The van der Waals surface area contributed by atoms with E-state index in [4.69, 9.17) is 0 Å². The van der Waals surface area contributed by atoms with Crippen molar-refractivity contribution >= 4 is 17.2 Å². The zero-order valence-corrected chi connectivity index (χ0v) is 15.1. The number of thiazole rings is 1. The molecule has 0 atom stereocenters. The number of carbonyl (C=O) groups is 1. The molecule has 5 heteroatoms. The van der Waals surface area contributed by atoms with Gasteiger partial charge in [-0.2, -0.15) is 0 Å². The van der Waals surface area contributed by atoms with Crippen molar-refractivity contribution in [3.05, 3.63) is 40.9 Å². The monoisotopic (exact) mass is 344 g/mol. The number of aromatic nitrogens is 1. The molecular weight excluding hydrogens is 320 g/mol. The highest BCUT2D eigenvalue weighted by molar-refractivity contribution is 7.17. The molecule has 0 unspecified atom stereocenters. The van der Waals surface area contributed by atoms with E-state index in [-0.39, 0.29) is 17.9 Å². The number of nitrogens with zero attached hydrogens (tertiary/aromatic N) is 2. The van der Waals surface area contributed by atoms with Gasteiger partial charge in [-0.3, -0.25) is 4.79 Å². The number of aliphatic hydroxyl groups excluding tert-OH is 1. The lowest BCUT2D eigenvalue weighted by molar-refractivity contribution is 0.0340. The summed E-state index contributed by atoms with van der Waals surface area (Å²) >= 11 is 1.47. The van der Waals surface area contributed by atoms with Crippen LogP contribution in [0.4, 0.5) is 0 Å². The summed E-state index contributed by atoms with van der Waals surface area (Å²) in [6, 6.07) is 9.98. The van der Waals surface area contributed by atoms with Crippen molar-refractivity contribution < 1.29 is 9.90 Å². The molecule has 1 aromatic heterocycles. The Bertz CT molecular complexity index is 697. The molecule has 4 nitrogen and oxygen atoms in total. The van der Waals surface area contributed by atoms with Crippen molar-refractivity contribution in [1.82, 2.24) is 9.88 Å². The van der Waals surface area contributed by atoms with Crippen molar-refractivity contribution in [1.29, 1.82) is 0 Å². The standard InChI is InChI=1S/C19H24N2O2S/c1-3-19(13-22)9-11-21(12-10-19)18(23)16-14(2)20-17(24-16)15-7-5-4-6-8-15/h4-8,22H,3,9-13H2,1-2H3. The number of carbonyl (C=O) groups excluding carboxylic acids is 1. The topological polar surface area (TPSA) is 53.4 Å². The van der Waals surface area contributed by atoms with Crippen LogP contribution in [0.2, 0.25) is 0 Å². The summed E-state index contributed by atoms with van der Waals surface area (Å²) < 4.78 is 0. The number of hydrogen-bond donors (Lipinski definition) is 1. The fourth-order valence-electron chi connectivity index (χ4n) is 3.25. The summed E-state index contributed by atoms with van der Waals surface area (Å²) in [6.07, 6.45) is 2.70. The largest absolute Gasteiger partial charge is 0.396 e. The number of aliphatic hydroxyl groups is 1. The lowest BCUT2D eigenvalue weighted by atomic mass is 9.77. The zero-order valence-electron chi connectivity index (χ0n) is 14.3. The van der Waals surface area contributed by atoms with E-state index in [1.807, 2.05) is 42.2 Å². The van der Waals surface area contributed by atoms with E-state index in [0.29, 0.717) is 13.1 Å². The second-order valence-electron chi connectivity index (χ2n) is 6.60. The molecule has 0 radical (unpaired) electrons. The van der Waals surface area contributed by atoms with E-state index in [1.165, 1.54) is 11.3 Å². The third-order valence-electron chi connectivity index (χ3n) is 5.21. The van der Waals surface area contributed by atoms with E-state index in [0.717, 1.165) is 40.4 Å². The Kier molecular flexibility index (Phi) is 5.01. The highest BCUT2D eigenvalue weighted by atomic mass is 32.1. The molecule has 0 bridgehead atoms. The van der Waals surface area contributed by atoms with Crippen LogP contribution in [0, 0.1) is 12.3 Å². The molecule has 128 valence electrons. The molecule has 24 heavy (non-hydrogen) atoms. The first-order chi connectivity index (χ1) is 11.6. The molecule has 1 aromatic carbocycles. The lowest BCUT2D eigenvalue weighted by Crippen LogP contribution is -2.44. The zero-order chi connectivity index (χ0) is 17.2. The van der Waals surface area contributed by atoms with Gasteiger partial charge in [0.2, 0.25) is 0 Å². The number of aryl methyl sites for hydroxylation is 1. The third kappa shape index (κ3) is 3.23. The van der Waals surface area contributed by atoms with Crippen LogP contribution in [0.25, 0.3) is 10.6 Å². The first kappa shape index (κ1) is 17.1. The number of amides is 1. The summed E-state index contributed by atoms with van der Waals surface area (Å²) in [7, 11) is 0. The van der Waals surface area contributed by atoms with Gasteiger partial charge in [-0.05, 0) is 31.6 Å². The Balaban J connectivity index is 1.76. The van der Waals surface area contributed by atoms with Crippen molar-refractivity contribution in [3.8, 4) is 10.6 Å². The fraction of sp³-hybridized carbons (Fsp3) is 0.474. The summed E-state index contributed by atoms with van der Waals surface area (Å²) in [5.41, 5.74) is 1.85. The molecule has 1 aliphatic heterocycles. The van der Waals surface area contributed by atoms with Crippen molar-refractivity contribution in [3.63, 3.8) is 0 Å². The van der Waals surface area contributed by atoms with Gasteiger partial charge >= 0.3 is 0 Å². The molecule has 1 aliphatic rings. The highest BCUT2D eigenvalue weighted by Gasteiger charge is 2.35. The van der Waals surface area contributed by atoms with Gasteiger partial charge in [0.05, 0.1) is 5.69 Å². The third-order valence-corrected chi connectivity index (χ3v) is 6.40. The van der Waals surface area contributed by atoms with Crippen LogP contribution in [0.1, 0.15) is 41.6 Å². The smallest absolute Gasteiger partial charge is 0.265 e. The van der Waals surface area contributed by atoms with E-state index < -0.39 is 0 Å². The maximum atomic E-state index is 12.9. The minimum atomic E-state index is -0.00523. The van der Waals surface area contributed by atoms with Gasteiger partial charge in [0.1, 0.15) is 9.88 Å². The molecule has 1 saturated heterocycles. The van der Waals surface area contributed by atoms with Crippen molar-refractivity contribution in [2.45, 2.75) is 33.1 Å². The molecule has 0 saturated carbocycles. The molecule has 1 fully saturated rings. The van der Waals surface area contributed by atoms with E-state index in [9.17, 15) is 9.90 Å². The van der Waals surface area contributed by atoms with E-state index in [2.05, 4.69) is 11.9 Å². The Hall–Kier alpha value is -1.72. The highest BCUT2D eigenvalue weighted by Crippen LogP contribution is 2.35. The van der Waals surface area contributed by atoms with Gasteiger partial charge in [0.15, 0.2) is 0 Å². The molecule has 3 rings (SSSR count). The molecule has 0 spiro atoms. The Labute approximate surface area is 147 Å². The second kappa shape index (κ2) is 7.03. The SMILES string of the molecule is CCC1(CO)CCN(C(=O)c2sc(-c3ccccc3)nc2C)CC1. The van der Waals surface area contributed by atoms with Gasteiger partial charge in [-0.25, -0.2) is 4.98 Å². The molecule has 2 heterocycles. The quantitative estimate of drug-likeness (QED) is 0.919. The average molecular weight is 344 g/mol. The van der Waals surface area contributed by atoms with Crippen LogP contribution < -0.4 is 0 Å².